The lowest BCUT2D eigenvalue weighted by molar-refractivity contribution is -0.204. The highest BCUT2D eigenvalue weighted by molar-refractivity contribution is 7.32. The van der Waals surface area contributed by atoms with E-state index in [1.807, 2.05) is 0 Å². The predicted molar refractivity (Wildman–Crippen MR) is 66.6 cm³/mol. The molecule has 100 valence electrons. The van der Waals surface area contributed by atoms with Crippen LogP contribution in [0.3, 0.4) is 0 Å². The fourth-order valence-electron chi connectivity index (χ4n) is 1.68. The summed E-state index contributed by atoms with van der Waals surface area (Å²) in [7, 11) is -3.09. The molecule has 0 amide bonds. The number of hydrogen-bond donors (Lipinski definition) is 1. The van der Waals surface area contributed by atoms with E-state index in [1.165, 1.54) is 0 Å². The predicted octanol–water partition coefficient (Wildman–Crippen LogP) is 2.89. The number of ether oxygens (including phenoxy) is 2. The molecule has 0 spiro atoms. The first kappa shape index (κ1) is 14.0. The standard InChI is InChI=1S/C11H14ClO5P/c12-9-5-3-8(4-6-9)11(17-18(13)14)16-10-2-1-7-15-10/h3-6,10-11,18H,1-2,7H2,(H,13,14). The summed E-state index contributed by atoms with van der Waals surface area (Å²) in [6.07, 6.45) is 0.348. The van der Waals surface area contributed by atoms with E-state index >= 15 is 0 Å². The molecule has 1 aromatic rings. The fraction of sp³-hybridized carbons (Fsp3) is 0.455. The quantitative estimate of drug-likeness (QED) is 0.668. The van der Waals surface area contributed by atoms with Crippen molar-refractivity contribution in [3.63, 3.8) is 0 Å². The van der Waals surface area contributed by atoms with E-state index in [4.69, 9.17) is 30.5 Å². The van der Waals surface area contributed by atoms with Gasteiger partial charge in [0.2, 0.25) is 0 Å². The van der Waals surface area contributed by atoms with Crippen LogP contribution in [-0.2, 0) is 18.6 Å². The molecule has 1 aliphatic heterocycles. The third kappa shape index (κ3) is 4.05. The van der Waals surface area contributed by atoms with Gasteiger partial charge in [0.1, 0.15) is 0 Å². The van der Waals surface area contributed by atoms with Crippen LogP contribution in [0, 0.1) is 0 Å². The van der Waals surface area contributed by atoms with Gasteiger partial charge >= 0.3 is 8.25 Å². The maximum Gasteiger partial charge on any atom is 0.319 e. The molecule has 0 aromatic heterocycles. The van der Waals surface area contributed by atoms with Gasteiger partial charge in [-0.2, -0.15) is 0 Å². The highest BCUT2D eigenvalue weighted by Crippen LogP contribution is 2.33. The van der Waals surface area contributed by atoms with Crippen molar-refractivity contribution in [3.8, 4) is 0 Å². The zero-order valence-electron chi connectivity index (χ0n) is 9.54. The molecular weight excluding hydrogens is 279 g/mol. The minimum atomic E-state index is -3.09. The van der Waals surface area contributed by atoms with Crippen LogP contribution in [0.25, 0.3) is 0 Å². The molecule has 3 atom stereocenters. The van der Waals surface area contributed by atoms with Crippen LogP contribution in [0.5, 0.6) is 0 Å². The Morgan fingerprint density at radius 1 is 1.44 bits per heavy atom. The Labute approximate surface area is 111 Å². The van der Waals surface area contributed by atoms with Gasteiger partial charge in [0.05, 0.1) is 0 Å². The fourth-order valence-corrected chi connectivity index (χ4v) is 2.18. The smallest absolute Gasteiger partial charge is 0.319 e. The third-order valence-corrected chi connectivity index (χ3v) is 3.18. The Balaban J connectivity index is 2.07. The van der Waals surface area contributed by atoms with Crippen molar-refractivity contribution in [2.75, 3.05) is 6.61 Å². The monoisotopic (exact) mass is 292 g/mol. The SMILES string of the molecule is O=[PH](O)OC(OC1CCCO1)c1ccc(Cl)cc1. The van der Waals surface area contributed by atoms with Crippen LogP contribution in [0.1, 0.15) is 24.7 Å². The van der Waals surface area contributed by atoms with Gasteiger partial charge in [-0.25, -0.2) is 0 Å². The molecule has 2 rings (SSSR count). The first-order chi connectivity index (χ1) is 8.65. The van der Waals surface area contributed by atoms with Crippen molar-refractivity contribution in [1.29, 1.82) is 0 Å². The van der Waals surface area contributed by atoms with Gasteiger partial charge in [0, 0.05) is 23.6 Å². The molecule has 1 saturated heterocycles. The second-order valence-electron chi connectivity index (χ2n) is 3.85. The van der Waals surface area contributed by atoms with Gasteiger partial charge in [-0.05, 0) is 18.6 Å². The van der Waals surface area contributed by atoms with Crippen LogP contribution >= 0.6 is 19.9 Å². The maximum atomic E-state index is 10.8. The normalized spacial score (nSPS) is 22.9. The second kappa shape index (κ2) is 6.66. The second-order valence-corrected chi connectivity index (χ2v) is 5.05. The number of hydrogen-bond acceptors (Lipinski definition) is 4. The zero-order valence-corrected chi connectivity index (χ0v) is 11.3. The van der Waals surface area contributed by atoms with Crippen molar-refractivity contribution >= 4 is 19.9 Å². The van der Waals surface area contributed by atoms with Crippen molar-refractivity contribution in [3.05, 3.63) is 34.9 Å². The van der Waals surface area contributed by atoms with Gasteiger partial charge in [-0.1, -0.05) is 23.7 Å². The number of benzene rings is 1. The van der Waals surface area contributed by atoms with Crippen LogP contribution < -0.4 is 0 Å². The van der Waals surface area contributed by atoms with Crippen LogP contribution in [-0.4, -0.2) is 17.8 Å². The Kier molecular flexibility index (Phi) is 5.18. The van der Waals surface area contributed by atoms with Crippen molar-refractivity contribution in [1.82, 2.24) is 0 Å². The van der Waals surface area contributed by atoms with E-state index < -0.39 is 20.8 Å². The molecule has 1 N–H and O–H groups in total. The summed E-state index contributed by atoms with van der Waals surface area (Å²) in [5.74, 6) is 0. The lowest BCUT2D eigenvalue weighted by atomic mass is 10.2. The Morgan fingerprint density at radius 3 is 2.72 bits per heavy atom. The third-order valence-electron chi connectivity index (χ3n) is 2.51. The Hall–Kier alpha value is -0.420. The molecular formula is C11H14ClO5P. The summed E-state index contributed by atoms with van der Waals surface area (Å²) >= 11 is 5.78. The molecule has 1 aromatic carbocycles. The van der Waals surface area contributed by atoms with E-state index in [1.54, 1.807) is 24.3 Å². The van der Waals surface area contributed by atoms with Crippen molar-refractivity contribution < 1.29 is 23.5 Å². The summed E-state index contributed by atoms with van der Waals surface area (Å²) in [6.45, 7) is 0.631. The van der Waals surface area contributed by atoms with Gasteiger partial charge in [-0.3, -0.25) is 9.09 Å². The van der Waals surface area contributed by atoms with Gasteiger partial charge in [0.25, 0.3) is 0 Å². The van der Waals surface area contributed by atoms with E-state index in [-0.39, 0.29) is 0 Å². The maximum absolute atomic E-state index is 10.8. The minimum Gasteiger partial charge on any atom is -0.353 e. The first-order valence-corrected chi connectivity index (χ1v) is 7.21. The van der Waals surface area contributed by atoms with Crippen molar-refractivity contribution in [2.24, 2.45) is 0 Å². The van der Waals surface area contributed by atoms with Crippen LogP contribution in [0.15, 0.2) is 24.3 Å². The Bertz CT molecular complexity index is 404. The molecule has 0 radical (unpaired) electrons. The average molecular weight is 293 g/mol. The first-order valence-electron chi connectivity index (χ1n) is 5.57. The topological polar surface area (TPSA) is 65.0 Å². The molecule has 0 aliphatic carbocycles. The summed E-state index contributed by atoms with van der Waals surface area (Å²) in [5.41, 5.74) is 0.627. The summed E-state index contributed by atoms with van der Waals surface area (Å²) in [6, 6.07) is 6.71. The molecule has 0 bridgehead atoms. The summed E-state index contributed by atoms with van der Waals surface area (Å²) in [4.78, 5) is 8.89. The number of halogens is 1. The van der Waals surface area contributed by atoms with E-state index in [9.17, 15) is 4.57 Å². The van der Waals surface area contributed by atoms with Gasteiger partial charge in [0.15, 0.2) is 12.6 Å². The highest BCUT2D eigenvalue weighted by atomic mass is 35.5. The molecule has 3 unspecified atom stereocenters. The summed E-state index contributed by atoms with van der Waals surface area (Å²) < 4.78 is 26.6. The zero-order chi connectivity index (χ0) is 13.0. The lowest BCUT2D eigenvalue weighted by Crippen LogP contribution is -2.16. The molecule has 1 heterocycles. The number of rotatable bonds is 5. The summed E-state index contributed by atoms with van der Waals surface area (Å²) in [5, 5.41) is 0.575. The van der Waals surface area contributed by atoms with Crippen LogP contribution in [0.4, 0.5) is 0 Å². The van der Waals surface area contributed by atoms with Gasteiger partial charge in [-0.15, -0.1) is 0 Å². The molecule has 18 heavy (non-hydrogen) atoms. The largest absolute Gasteiger partial charge is 0.353 e. The van der Waals surface area contributed by atoms with Crippen LogP contribution in [0.2, 0.25) is 5.02 Å². The molecule has 1 aliphatic rings. The minimum absolute atomic E-state index is 0.396. The van der Waals surface area contributed by atoms with Crippen molar-refractivity contribution in [2.45, 2.75) is 25.4 Å². The van der Waals surface area contributed by atoms with E-state index in [2.05, 4.69) is 0 Å². The van der Waals surface area contributed by atoms with E-state index in [0.717, 1.165) is 12.8 Å². The average Bonchev–Trinajstić information content (AvgIpc) is 2.81. The van der Waals surface area contributed by atoms with E-state index in [0.29, 0.717) is 17.2 Å². The molecule has 1 fully saturated rings. The molecule has 0 saturated carbocycles. The molecule has 5 nitrogen and oxygen atoms in total. The lowest BCUT2D eigenvalue weighted by Gasteiger charge is -2.20. The Morgan fingerprint density at radius 2 is 2.17 bits per heavy atom. The van der Waals surface area contributed by atoms with Gasteiger partial charge < -0.3 is 14.4 Å². The highest BCUT2D eigenvalue weighted by Gasteiger charge is 2.24. The molecule has 7 heteroatoms.